The first-order valence-electron chi connectivity index (χ1n) is 6.53. The topological polar surface area (TPSA) is 26.0 Å². The summed E-state index contributed by atoms with van der Waals surface area (Å²) in [6.07, 6.45) is 3.77. The smallest absolute Gasteiger partial charge is 0.00503 e. The van der Waals surface area contributed by atoms with Crippen LogP contribution in [0.1, 0.15) is 24.8 Å². The van der Waals surface area contributed by atoms with Crippen LogP contribution in [-0.2, 0) is 5.41 Å². The summed E-state index contributed by atoms with van der Waals surface area (Å²) < 4.78 is 0. The van der Waals surface area contributed by atoms with Crippen molar-refractivity contribution >= 4 is 10.8 Å². The van der Waals surface area contributed by atoms with E-state index in [0.29, 0.717) is 11.5 Å². The molecular weight excluding hydrogens is 206 g/mol. The molecule has 3 atom stereocenters. The van der Waals surface area contributed by atoms with Gasteiger partial charge in [-0.05, 0) is 41.5 Å². The van der Waals surface area contributed by atoms with Crippen LogP contribution in [0.15, 0.2) is 42.5 Å². The van der Waals surface area contributed by atoms with Gasteiger partial charge in [-0.25, -0.2) is 0 Å². The average molecular weight is 223 g/mol. The van der Waals surface area contributed by atoms with E-state index in [9.17, 15) is 0 Å². The second-order valence-corrected chi connectivity index (χ2v) is 5.78. The fourth-order valence-electron chi connectivity index (χ4n) is 3.96. The van der Waals surface area contributed by atoms with E-state index in [1.165, 1.54) is 30.0 Å². The highest BCUT2D eigenvalue weighted by Gasteiger charge is 2.60. The Balaban J connectivity index is 1.92. The molecule has 2 N–H and O–H groups in total. The lowest BCUT2D eigenvalue weighted by molar-refractivity contribution is 0.585. The Hall–Kier alpha value is -1.34. The molecule has 2 fully saturated rings. The second-order valence-electron chi connectivity index (χ2n) is 5.78. The number of fused-ring (bicyclic) bond motifs is 2. The van der Waals surface area contributed by atoms with Gasteiger partial charge in [0.2, 0.25) is 0 Å². The summed E-state index contributed by atoms with van der Waals surface area (Å²) in [5.74, 6) is 0.850. The number of hydrogen-bond donors (Lipinski definition) is 1. The van der Waals surface area contributed by atoms with E-state index >= 15 is 0 Å². The number of benzene rings is 2. The standard InChI is InChI=1S/C16H17N/c17-13-8-12-9-16(12,10-13)15-7-3-5-11-4-1-2-6-14(11)15/h1-7,12-13H,8-10,17H2. The Kier molecular flexibility index (Phi) is 1.77. The molecule has 0 amide bonds. The van der Waals surface area contributed by atoms with Gasteiger partial charge in [0.1, 0.15) is 0 Å². The van der Waals surface area contributed by atoms with Gasteiger partial charge in [-0.15, -0.1) is 0 Å². The van der Waals surface area contributed by atoms with Crippen LogP contribution in [0.3, 0.4) is 0 Å². The van der Waals surface area contributed by atoms with E-state index in [1.54, 1.807) is 5.56 Å². The molecule has 2 aromatic rings. The van der Waals surface area contributed by atoms with Gasteiger partial charge >= 0.3 is 0 Å². The zero-order chi connectivity index (χ0) is 11.5. The monoisotopic (exact) mass is 223 g/mol. The highest BCUT2D eigenvalue weighted by Crippen LogP contribution is 2.64. The van der Waals surface area contributed by atoms with Gasteiger partial charge in [0.25, 0.3) is 0 Å². The average Bonchev–Trinajstić information content (AvgIpc) is 2.92. The van der Waals surface area contributed by atoms with Crippen molar-refractivity contribution in [2.75, 3.05) is 0 Å². The molecule has 1 nitrogen and oxygen atoms in total. The van der Waals surface area contributed by atoms with Gasteiger partial charge in [-0.3, -0.25) is 0 Å². The molecule has 2 aliphatic rings. The minimum absolute atomic E-state index is 0.424. The second kappa shape index (κ2) is 3.11. The lowest BCUT2D eigenvalue weighted by Crippen LogP contribution is -2.20. The summed E-state index contributed by atoms with van der Waals surface area (Å²) in [6, 6.07) is 15.9. The lowest BCUT2D eigenvalue weighted by atomic mass is 9.88. The van der Waals surface area contributed by atoms with Crippen LogP contribution in [0.25, 0.3) is 10.8 Å². The molecule has 3 unspecified atom stereocenters. The summed E-state index contributed by atoms with van der Waals surface area (Å²) in [5.41, 5.74) is 8.10. The van der Waals surface area contributed by atoms with Crippen LogP contribution in [0.2, 0.25) is 0 Å². The Bertz CT molecular complexity index is 584. The predicted octanol–water partition coefficient (Wildman–Crippen LogP) is 3.22. The molecule has 0 radical (unpaired) electrons. The zero-order valence-corrected chi connectivity index (χ0v) is 9.89. The first-order chi connectivity index (χ1) is 8.29. The molecule has 86 valence electrons. The number of nitrogens with two attached hydrogens (primary N) is 1. The highest BCUT2D eigenvalue weighted by molar-refractivity contribution is 5.87. The maximum Gasteiger partial charge on any atom is 0.00503 e. The van der Waals surface area contributed by atoms with Crippen molar-refractivity contribution in [1.82, 2.24) is 0 Å². The molecular formula is C16H17N. The van der Waals surface area contributed by atoms with Crippen molar-refractivity contribution in [3.63, 3.8) is 0 Å². The van der Waals surface area contributed by atoms with Crippen LogP contribution in [-0.4, -0.2) is 6.04 Å². The van der Waals surface area contributed by atoms with Crippen molar-refractivity contribution in [3.05, 3.63) is 48.0 Å². The SMILES string of the molecule is NC1CC2CC2(c2cccc3ccccc23)C1. The Labute approximate surface area is 102 Å². The van der Waals surface area contributed by atoms with Crippen molar-refractivity contribution < 1.29 is 0 Å². The minimum Gasteiger partial charge on any atom is -0.328 e. The van der Waals surface area contributed by atoms with Crippen LogP contribution >= 0.6 is 0 Å². The van der Waals surface area contributed by atoms with E-state index in [4.69, 9.17) is 5.73 Å². The molecule has 0 saturated heterocycles. The molecule has 2 saturated carbocycles. The van der Waals surface area contributed by atoms with Crippen molar-refractivity contribution in [2.45, 2.75) is 30.7 Å². The maximum absolute atomic E-state index is 6.12. The van der Waals surface area contributed by atoms with Gasteiger partial charge in [0.05, 0.1) is 0 Å². The minimum atomic E-state index is 0.424. The fourth-order valence-corrected chi connectivity index (χ4v) is 3.96. The first kappa shape index (κ1) is 9.67. The zero-order valence-electron chi connectivity index (χ0n) is 9.89. The quantitative estimate of drug-likeness (QED) is 0.789. The summed E-state index contributed by atoms with van der Waals surface area (Å²) >= 11 is 0. The third-order valence-electron chi connectivity index (χ3n) is 4.77. The van der Waals surface area contributed by atoms with E-state index in [-0.39, 0.29) is 0 Å². The molecule has 2 aliphatic carbocycles. The molecule has 0 bridgehead atoms. The summed E-state index contributed by atoms with van der Waals surface area (Å²) in [5, 5.41) is 2.80. The molecule has 1 heteroatoms. The van der Waals surface area contributed by atoms with E-state index in [0.717, 1.165) is 5.92 Å². The molecule has 2 aromatic carbocycles. The van der Waals surface area contributed by atoms with Gasteiger partial charge in [0, 0.05) is 11.5 Å². The van der Waals surface area contributed by atoms with Gasteiger partial charge in [0.15, 0.2) is 0 Å². The Morgan fingerprint density at radius 1 is 1.00 bits per heavy atom. The predicted molar refractivity (Wildman–Crippen MR) is 70.9 cm³/mol. The van der Waals surface area contributed by atoms with Crippen LogP contribution in [0.5, 0.6) is 0 Å². The van der Waals surface area contributed by atoms with Gasteiger partial charge < -0.3 is 5.73 Å². The van der Waals surface area contributed by atoms with Crippen molar-refractivity contribution in [3.8, 4) is 0 Å². The molecule has 0 aromatic heterocycles. The molecule has 0 spiro atoms. The highest BCUT2D eigenvalue weighted by atomic mass is 14.8. The van der Waals surface area contributed by atoms with Crippen LogP contribution in [0, 0.1) is 5.92 Å². The van der Waals surface area contributed by atoms with Gasteiger partial charge in [-0.1, -0.05) is 42.5 Å². The molecule has 17 heavy (non-hydrogen) atoms. The molecule has 0 heterocycles. The maximum atomic E-state index is 6.12. The summed E-state index contributed by atoms with van der Waals surface area (Å²) in [7, 11) is 0. The van der Waals surface area contributed by atoms with Crippen LogP contribution < -0.4 is 5.73 Å². The number of rotatable bonds is 1. The van der Waals surface area contributed by atoms with E-state index < -0.39 is 0 Å². The van der Waals surface area contributed by atoms with Crippen LogP contribution in [0.4, 0.5) is 0 Å². The fraction of sp³-hybridized carbons (Fsp3) is 0.375. The Morgan fingerprint density at radius 2 is 1.82 bits per heavy atom. The third-order valence-corrected chi connectivity index (χ3v) is 4.77. The number of hydrogen-bond acceptors (Lipinski definition) is 1. The summed E-state index contributed by atoms with van der Waals surface area (Å²) in [6.45, 7) is 0. The van der Waals surface area contributed by atoms with Crippen molar-refractivity contribution in [1.29, 1.82) is 0 Å². The van der Waals surface area contributed by atoms with E-state index in [1.807, 2.05) is 0 Å². The molecule has 4 rings (SSSR count). The molecule has 0 aliphatic heterocycles. The summed E-state index contributed by atoms with van der Waals surface area (Å²) in [4.78, 5) is 0. The van der Waals surface area contributed by atoms with Crippen molar-refractivity contribution in [2.24, 2.45) is 11.7 Å². The largest absolute Gasteiger partial charge is 0.328 e. The lowest BCUT2D eigenvalue weighted by Gasteiger charge is -2.17. The van der Waals surface area contributed by atoms with Gasteiger partial charge in [-0.2, -0.15) is 0 Å². The Morgan fingerprint density at radius 3 is 2.65 bits per heavy atom. The first-order valence-corrected chi connectivity index (χ1v) is 6.53. The third kappa shape index (κ3) is 1.23. The van der Waals surface area contributed by atoms with E-state index in [2.05, 4.69) is 42.5 Å². The normalized spacial score (nSPS) is 34.9.